The highest BCUT2D eigenvalue weighted by Gasteiger charge is 2.41. The van der Waals surface area contributed by atoms with Crippen LogP contribution in [0, 0.1) is 0 Å². The second kappa shape index (κ2) is 11.0. The number of ether oxygens (including phenoxy) is 1. The van der Waals surface area contributed by atoms with Gasteiger partial charge in [-0.3, -0.25) is 4.79 Å². The first kappa shape index (κ1) is 27.5. The van der Waals surface area contributed by atoms with Crippen LogP contribution in [0.25, 0.3) is 10.1 Å². The number of benzene rings is 1. The van der Waals surface area contributed by atoms with Crippen LogP contribution in [0.3, 0.4) is 0 Å². The van der Waals surface area contributed by atoms with Gasteiger partial charge < -0.3 is 24.0 Å². The Morgan fingerprint density at radius 3 is 2.58 bits per heavy atom. The molecule has 3 aliphatic rings. The van der Waals surface area contributed by atoms with Crippen LogP contribution in [-0.2, 0) is 39.6 Å². The molecule has 2 saturated heterocycles. The molecule has 0 radical (unpaired) electrons. The molecule has 0 bridgehead atoms. The number of carbonyl (C=O) groups is 2. The van der Waals surface area contributed by atoms with Crippen molar-refractivity contribution in [2.75, 3.05) is 52.5 Å². The van der Waals surface area contributed by atoms with E-state index in [-0.39, 0.29) is 42.2 Å². The summed E-state index contributed by atoms with van der Waals surface area (Å²) >= 11 is 7.31. The third kappa shape index (κ3) is 5.35. The van der Waals surface area contributed by atoms with Crippen LogP contribution in [0.1, 0.15) is 17.5 Å². The average Bonchev–Trinajstić information content (AvgIpc) is 3.55. The molecule has 0 saturated carbocycles. The number of nitrogens with zero attached hydrogens (tertiary/aromatic N) is 5. The molecule has 40 heavy (non-hydrogen) atoms. The number of hydrogen-bond donors (Lipinski definition) is 0. The maximum absolute atomic E-state index is 14.0. The Morgan fingerprint density at radius 2 is 1.77 bits per heavy atom. The van der Waals surface area contributed by atoms with E-state index >= 15 is 0 Å². The number of carbonyl (C=O) groups excluding carboxylic acids is 2. The number of thiophene rings is 1. The van der Waals surface area contributed by atoms with Crippen LogP contribution < -0.4 is 0 Å². The number of aromatic nitrogens is 1. The van der Waals surface area contributed by atoms with E-state index in [1.54, 1.807) is 34.1 Å². The highest BCUT2D eigenvalue weighted by molar-refractivity contribution is 7.91. The first-order valence-electron chi connectivity index (χ1n) is 13.4. The minimum absolute atomic E-state index is 0.00255. The first-order valence-corrected chi connectivity index (χ1v) is 16.1. The predicted molar refractivity (Wildman–Crippen MR) is 153 cm³/mol. The SMILES string of the molecule is Cn1cc2c(c1)CN(C(=O)N1CCN(S(=O)(=O)c3cc4ccc(Cl)cc4s3)C(CC(=O)N3CCOCC3)C1)CC2. The van der Waals surface area contributed by atoms with E-state index in [2.05, 4.69) is 6.20 Å². The minimum atomic E-state index is -3.91. The summed E-state index contributed by atoms with van der Waals surface area (Å²) in [6, 6.07) is 6.17. The van der Waals surface area contributed by atoms with Crippen molar-refractivity contribution in [1.29, 1.82) is 0 Å². The fourth-order valence-electron chi connectivity index (χ4n) is 5.83. The topological polar surface area (TPSA) is 95.4 Å². The second-order valence-corrected chi connectivity index (χ2v) is 14.2. The number of aryl methyl sites for hydroxylation is 1. The number of sulfonamides is 1. The molecule has 3 aliphatic heterocycles. The Morgan fingerprint density at radius 1 is 1.00 bits per heavy atom. The molecule has 1 aromatic carbocycles. The Labute approximate surface area is 242 Å². The number of piperazine rings is 1. The highest BCUT2D eigenvalue weighted by atomic mass is 35.5. The van der Waals surface area contributed by atoms with Crippen molar-refractivity contribution in [3.8, 4) is 0 Å². The second-order valence-electron chi connectivity index (χ2n) is 10.6. The van der Waals surface area contributed by atoms with Crippen molar-refractivity contribution in [2.45, 2.75) is 29.6 Å². The lowest BCUT2D eigenvalue weighted by atomic mass is 10.1. The van der Waals surface area contributed by atoms with E-state index in [0.717, 1.165) is 22.1 Å². The highest BCUT2D eigenvalue weighted by Crippen LogP contribution is 2.34. The summed E-state index contributed by atoms with van der Waals surface area (Å²) < 4.78 is 37.8. The van der Waals surface area contributed by atoms with Gasteiger partial charge in [-0.1, -0.05) is 17.7 Å². The molecule has 6 rings (SSSR count). The Kier molecular flexibility index (Phi) is 7.55. The average molecular weight is 606 g/mol. The summed E-state index contributed by atoms with van der Waals surface area (Å²) in [7, 11) is -1.94. The minimum Gasteiger partial charge on any atom is -0.378 e. The number of fused-ring (bicyclic) bond motifs is 2. The molecule has 13 heteroatoms. The maximum Gasteiger partial charge on any atom is 0.320 e. The maximum atomic E-state index is 14.0. The summed E-state index contributed by atoms with van der Waals surface area (Å²) in [5.41, 5.74) is 2.38. The third-order valence-corrected chi connectivity index (χ3v) is 11.6. The van der Waals surface area contributed by atoms with Gasteiger partial charge in [-0.25, -0.2) is 13.2 Å². The predicted octanol–water partition coefficient (Wildman–Crippen LogP) is 3.00. The summed E-state index contributed by atoms with van der Waals surface area (Å²) in [5, 5.41) is 1.34. The molecule has 3 aromatic rings. The molecule has 2 aromatic heterocycles. The Hall–Kier alpha value is -2.64. The molecule has 10 nitrogen and oxygen atoms in total. The molecule has 5 heterocycles. The fourth-order valence-corrected chi connectivity index (χ4v) is 9.24. The molecule has 1 atom stereocenters. The van der Waals surface area contributed by atoms with Crippen molar-refractivity contribution >= 4 is 55.0 Å². The quantitative estimate of drug-likeness (QED) is 0.456. The van der Waals surface area contributed by atoms with Crippen molar-refractivity contribution in [3.63, 3.8) is 0 Å². The van der Waals surface area contributed by atoms with Crippen LogP contribution in [0.4, 0.5) is 4.79 Å². The number of amides is 3. The number of halogens is 1. The van der Waals surface area contributed by atoms with E-state index in [9.17, 15) is 18.0 Å². The van der Waals surface area contributed by atoms with Crippen molar-refractivity contribution in [2.24, 2.45) is 7.05 Å². The molecule has 2 fully saturated rings. The molecular weight excluding hydrogens is 574 g/mol. The molecule has 0 aliphatic carbocycles. The van der Waals surface area contributed by atoms with Gasteiger partial charge in [-0.2, -0.15) is 4.31 Å². The first-order chi connectivity index (χ1) is 19.2. The smallest absolute Gasteiger partial charge is 0.320 e. The van der Waals surface area contributed by atoms with Crippen molar-refractivity contribution in [3.05, 3.63) is 52.8 Å². The van der Waals surface area contributed by atoms with Crippen LogP contribution in [0.15, 0.2) is 40.9 Å². The van der Waals surface area contributed by atoms with Gasteiger partial charge in [0.2, 0.25) is 5.91 Å². The number of morpholine rings is 1. The summed E-state index contributed by atoms with van der Waals surface area (Å²) in [6.07, 6.45) is 4.92. The summed E-state index contributed by atoms with van der Waals surface area (Å²) in [5.74, 6) is -0.127. The van der Waals surface area contributed by atoms with E-state index in [1.807, 2.05) is 22.7 Å². The summed E-state index contributed by atoms with van der Waals surface area (Å²) in [4.78, 5) is 32.2. The number of hydrogen-bond acceptors (Lipinski definition) is 6. The number of urea groups is 1. The van der Waals surface area contributed by atoms with Gasteiger partial charge in [-0.05, 0) is 41.1 Å². The normalized spacial score (nSPS) is 20.6. The molecule has 1 unspecified atom stereocenters. The molecule has 0 spiro atoms. The molecule has 3 amide bonds. The zero-order valence-corrected chi connectivity index (χ0v) is 24.7. The van der Waals surface area contributed by atoms with Crippen LogP contribution in [0.2, 0.25) is 5.02 Å². The molecule has 214 valence electrons. The van der Waals surface area contributed by atoms with Gasteiger partial charge in [0.1, 0.15) is 4.21 Å². The van der Waals surface area contributed by atoms with Gasteiger partial charge in [0, 0.05) is 81.4 Å². The monoisotopic (exact) mass is 605 g/mol. The van der Waals surface area contributed by atoms with Gasteiger partial charge in [0.25, 0.3) is 10.0 Å². The van der Waals surface area contributed by atoms with E-state index < -0.39 is 16.1 Å². The lowest BCUT2D eigenvalue weighted by Crippen LogP contribution is -2.60. The summed E-state index contributed by atoms with van der Waals surface area (Å²) in [6.45, 7) is 3.54. The lowest BCUT2D eigenvalue weighted by Gasteiger charge is -2.42. The van der Waals surface area contributed by atoms with Gasteiger partial charge in [0.15, 0.2) is 0 Å². The lowest BCUT2D eigenvalue weighted by molar-refractivity contribution is -0.136. The molecular formula is C27H32ClN5O5S2. The Bertz CT molecular complexity index is 1550. The van der Waals surface area contributed by atoms with E-state index in [1.165, 1.54) is 21.2 Å². The zero-order valence-electron chi connectivity index (χ0n) is 22.3. The third-order valence-electron chi connectivity index (χ3n) is 7.91. The zero-order chi connectivity index (χ0) is 28.0. The van der Waals surface area contributed by atoms with Crippen molar-refractivity contribution in [1.82, 2.24) is 23.6 Å². The van der Waals surface area contributed by atoms with Gasteiger partial charge in [-0.15, -0.1) is 11.3 Å². The largest absolute Gasteiger partial charge is 0.378 e. The standard InChI is InChI=1S/C27H32ClN5O5S2/c1-29-15-20-4-5-31(17-21(20)16-29)27(35)32-6-7-33(23(18-32)14-25(34)30-8-10-38-11-9-30)40(36,37)26-12-19-2-3-22(28)13-24(19)39-26/h2-3,12-13,15-16,23H,4-11,14,17-18H2,1H3. The van der Waals surface area contributed by atoms with Crippen LogP contribution >= 0.6 is 22.9 Å². The van der Waals surface area contributed by atoms with Crippen molar-refractivity contribution < 1.29 is 22.7 Å². The Balaban J connectivity index is 1.25. The van der Waals surface area contributed by atoms with E-state index in [4.69, 9.17) is 16.3 Å². The van der Waals surface area contributed by atoms with E-state index in [0.29, 0.717) is 44.4 Å². The van der Waals surface area contributed by atoms with Crippen LogP contribution in [0.5, 0.6) is 0 Å². The van der Waals surface area contributed by atoms with Crippen LogP contribution in [-0.4, -0.2) is 102 Å². The van der Waals surface area contributed by atoms with Gasteiger partial charge in [0.05, 0.1) is 19.3 Å². The van der Waals surface area contributed by atoms with Gasteiger partial charge >= 0.3 is 6.03 Å². The number of rotatable bonds is 4. The molecule has 0 N–H and O–H groups in total. The fraction of sp³-hybridized carbons (Fsp3) is 0.481.